The molecule has 1 N–H and O–H groups in total. The van der Waals surface area contributed by atoms with Gasteiger partial charge in [-0.1, -0.05) is 41.7 Å². The Bertz CT molecular complexity index is 872. The van der Waals surface area contributed by atoms with Crippen LogP contribution in [0.5, 0.6) is 0 Å². The van der Waals surface area contributed by atoms with Crippen molar-refractivity contribution in [3.63, 3.8) is 0 Å². The molecule has 1 amide bonds. The lowest BCUT2D eigenvalue weighted by Gasteiger charge is -2.38. The fraction of sp³-hybridized carbons (Fsp3) is 0.526. The number of hydrogen-bond donors (Lipinski definition) is 1. The first-order valence-corrected chi connectivity index (χ1v) is 9.65. The van der Waals surface area contributed by atoms with Gasteiger partial charge in [-0.05, 0) is 37.0 Å². The van der Waals surface area contributed by atoms with Crippen LogP contribution in [0.25, 0.3) is 0 Å². The number of aromatic nitrogens is 2. The molecule has 1 aliphatic carbocycles. The van der Waals surface area contributed by atoms with E-state index in [9.17, 15) is 9.59 Å². The molecule has 1 aliphatic heterocycles. The molecule has 8 heteroatoms. The number of hydrogen-bond acceptors (Lipinski definition) is 5. The topological polar surface area (TPSA) is 88.4 Å². The summed E-state index contributed by atoms with van der Waals surface area (Å²) in [7, 11) is 0. The molecule has 1 aromatic carbocycles. The van der Waals surface area contributed by atoms with Crippen LogP contribution in [-0.4, -0.2) is 40.6 Å². The lowest BCUT2D eigenvalue weighted by atomic mass is 9.78. The fourth-order valence-electron chi connectivity index (χ4n) is 4.27. The average molecular weight is 392 g/mol. The van der Waals surface area contributed by atoms with E-state index in [1.54, 1.807) is 0 Å². The van der Waals surface area contributed by atoms with Gasteiger partial charge in [0.05, 0.1) is 18.6 Å². The van der Waals surface area contributed by atoms with Crippen LogP contribution in [0.15, 0.2) is 33.6 Å². The molecule has 1 saturated heterocycles. The molecule has 2 heterocycles. The van der Waals surface area contributed by atoms with Gasteiger partial charge in [-0.3, -0.25) is 14.3 Å². The second kappa shape index (κ2) is 7.48. The zero-order chi connectivity index (χ0) is 18.9. The van der Waals surface area contributed by atoms with E-state index >= 15 is 0 Å². The molecule has 2 fully saturated rings. The Morgan fingerprint density at radius 3 is 2.89 bits per heavy atom. The van der Waals surface area contributed by atoms with Gasteiger partial charge in [-0.25, -0.2) is 4.79 Å². The molecule has 2 aromatic rings. The van der Waals surface area contributed by atoms with Gasteiger partial charge in [0, 0.05) is 11.6 Å². The van der Waals surface area contributed by atoms with Crippen LogP contribution >= 0.6 is 11.6 Å². The molecular weight excluding hydrogens is 370 g/mol. The summed E-state index contributed by atoms with van der Waals surface area (Å²) in [4.78, 5) is 29.1. The third-order valence-electron chi connectivity index (χ3n) is 5.56. The molecule has 1 unspecified atom stereocenters. The van der Waals surface area contributed by atoms with Gasteiger partial charge in [0.15, 0.2) is 5.82 Å². The summed E-state index contributed by atoms with van der Waals surface area (Å²) in [5.74, 6) is -0.141. The summed E-state index contributed by atoms with van der Waals surface area (Å²) in [6.45, 7) is 1.30. The lowest BCUT2D eigenvalue weighted by molar-refractivity contribution is -0.150. The molecule has 2 aliphatic rings. The van der Waals surface area contributed by atoms with Crippen LogP contribution in [0.1, 0.15) is 43.2 Å². The average Bonchev–Trinajstić information content (AvgIpc) is 3.31. The van der Waals surface area contributed by atoms with Gasteiger partial charge in [0.2, 0.25) is 5.91 Å². The van der Waals surface area contributed by atoms with Crippen molar-refractivity contribution < 1.29 is 14.1 Å². The monoisotopic (exact) mass is 391 g/mol. The highest BCUT2D eigenvalue weighted by Crippen LogP contribution is 2.43. The van der Waals surface area contributed by atoms with Gasteiger partial charge >= 0.3 is 5.76 Å². The number of nitrogens with zero attached hydrogens (tertiary/aromatic N) is 2. The Morgan fingerprint density at radius 1 is 1.37 bits per heavy atom. The second-order valence-corrected chi connectivity index (χ2v) is 7.82. The van der Waals surface area contributed by atoms with E-state index in [1.807, 2.05) is 29.2 Å². The summed E-state index contributed by atoms with van der Waals surface area (Å²) in [5.41, 5.74) is 0.687. The number of morpholine rings is 1. The smallest absolute Gasteiger partial charge is 0.366 e. The lowest BCUT2D eigenvalue weighted by Crippen LogP contribution is -2.49. The first kappa shape index (κ1) is 18.3. The first-order valence-electron chi connectivity index (χ1n) is 9.27. The molecule has 0 bridgehead atoms. The van der Waals surface area contributed by atoms with Crippen LogP contribution < -0.4 is 5.76 Å². The number of H-pyrrole nitrogens is 1. The normalized spacial score (nSPS) is 22.1. The molecule has 4 rings (SSSR count). The van der Waals surface area contributed by atoms with Crippen LogP contribution in [0.2, 0.25) is 5.02 Å². The number of amides is 1. The zero-order valence-electron chi connectivity index (χ0n) is 14.9. The van der Waals surface area contributed by atoms with E-state index in [-0.39, 0.29) is 5.91 Å². The highest BCUT2D eigenvalue weighted by molar-refractivity contribution is 6.30. The van der Waals surface area contributed by atoms with Crippen LogP contribution in [0.4, 0.5) is 0 Å². The summed E-state index contributed by atoms with van der Waals surface area (Å²) in [6, 6.07) is 7.74. The van der Waals surface area contributed by atoms with Crippen molar-refractivity contribution in [1.82, 2.24) is 15.0 Å². The third-order valence-corrected chi connectivity index (χ3v) is 5.80. The zero-order valence-corrected chi connectivity index (χ0v) is 15.7. The molecule has 0 radical (unpaired) electrons. The van der Waals surface area contributed by atoms with Crippen LogP contribution in [0.3, 0.4) is 0 Å². The standard InChI is InChI=1S/C19H22ClN3O4/c20-14-5-3-4-13(10-14)11-19(6-1-2-7-19)17(24)23-8-9-26-15(12-23)16-21-18(25)27-22-16/h3-5,10,15H,1-2,6-9,11-12H2,(H,21,22,25). The van der Waals surface area contributed by atoms with Gasteiger partial charge in [0.1, 0.15) is 6.10 Å². The summed E-state index contributed by atoms with van der Waals surface area (Å²) in [6.07, 6.45) is 4.07. The van der Waals surface area contributed by atoms with E-state index in [1.165, 1.54) is 0 Å². The molecule has 1 saturated carbocycles. The van der Waals surface area contributed by atoms with E-state index in [0.717, 1.165) is 31.2 Å². The van der Waals surface area contributed by atoms with Crippen molar-refractivity contribution in [3.05, 3.63) is 51.2 Å². The predicted octanol–water partition coefficient (Wildman–Crippen LogP) is 2.72. The van der Waals surface area contributed by atoms with E-state index < -0.39 is 17.3 Å². The Labute approximate surface area is 161 Å². The molecule has 1 atom stereocenters. The molecule has 27 heavy (non-hydrogen) atoms. The number of carbonyl (C=O) groups is 1. The van der Waals surface area contributed by atoms with Crippen LogP contribution in [0, 0.1) is 5.41 Å². The van der Waals surface area contributed by atoms with Gasteiger partial charge < -0.3 is 9.64 Å². The number of carbonyl (C=O) groups excluding carboxylic acids is 1. The molecular formula is C19H22ClN3O4. The van der Waals surface area contributed by atoms with Crippen molar-refractivity contribution >= 4 is 17.5 Å². The maximum absolute atomic E-state index is 13.5. The summed E-state index contributed by atoms with van der Waals surface area (Å²) in [5, 5.41) is 4.39. The van der Waals surface area contributed by atoms with E-state index in [4.69, 9.17) is 16.3 Å². The summed E-state index contributed by atoms with van der Waals surface area (Å²) < 4.78 is 10.2. The van der Waals surface area contributed by atoms with Crippen molar-refractivity contribution in [3.8, 4) is 0 Å². The number of ether oxygens (including phenoxy) is 1. The Kier molecular flexibility index (Phi) is 5.06. The number of nitrogens with one attached hydrogen (secondary N) is 1. The Morgan fingerprint density at radius 2 is 2.19 bits per heavy atom. The predicted molar refractivity (Wildman–Crippen MR) is 98.5 cm³/mol. The Balaban J connectivity index is 1.54. The largest absolute Gasteiger partial charge is 0.438 e. The highest BCUT2D eigenvalue weighted by atomic mass is 35.5. The minimum Gasteiger partial charge on any atom is -0.366 e. The molecule has 7 nitrogen and oxygen atoms in total. The molecule has 0 spiro atoms. The van der Waals surface area contributed by atoms with Crippen molar-refractivity contribution in [1.29, 1.82) is 0 Å². The first-order chi connectivity index (χ1) is 13.1. The van der Waals surface area contributed by atoms with Gasteiger partial charge in [0.25, 0.3) is 0 Å². The second-order valence-electron chi connectivity index (χ2n) is 7.39. The van der Waals surface area contributed by atoms with Crippen molar-refractivity contribution in [2.75, 3.05) is 19.7 Å². The number of rotatable bonds is 4. The van der Waals surface area contributed by atoms with E-state index in [2.05, 4.69) is 14.7 Å². The number of halogens is 1. The molecule has 144 valence electrons. The minimum atomic E-state index is -0.620. The summed E-state index contributed by atoms with van der Waals surface area (Å²) >= 11 is 6.14. The van der Waals surface area contributed by atoms with Crippen molar-refractivity contribution in [2.45, 2.75) is 38.2 Å². The minimum absolute atomic E-state index is 0.152. The van der Waals surface area contributed by atoms with Gasteiger partial charge in [-0.15, -0.1) is 0 Å². The highest BCUT2D eigenvalue weighted by Gasteiger charge is 2.44. The third kappa shape index (κ3) is 3.80. The fourth-order valence-corrected chi connectivity index (χ4v) is 4.48. The number of benzene rings is 1. The molecule has 1 aromatic heterocycles. The quantitative estimate of drug-likeness (QED) is 0.865. The van der Waals surface area contributed by atoms with E-state index in [0.29, 0.717) is 37.0 Å². The van der Waals surface area contributed by atoms with Crippen LogP contribution in [-0.2, 0) is 16.0 Å². The Hall–Kier alpha value is -2.12. The van der Waals surface area contributed by atoms with Gasteiger partial charge in [-0.2, -0.15) is 0 Å². The maximum atomic E-state index is 13.5. The maximum Gasteiger partial charge on any atom is 0.438 e. The van der Waals surface area contributed by atoms with Crippen molar-refractivity contribution in [2.24, 2.45) is 5.41 Å². The number of aromatic amines is 1. The SMILES string of the molecule is O=C(N1CCOC(c2noc(=O)[nH]2)C1)C1(Cc2cccc(Cl)c2)CCCC1.